The summed E-state index contributed by atoms with van der Waals surface area (Å²) >= 11 is 5.89. The number of aryl methyl sites for hydroxylation is 1. The molecule has 2 N–H and O–H groups in total. The zero-order valence-corrected chi connectivity index (χ0v) is 12.8. The third-order valence-electron chi connectivity index (χ3n) is 3.05. The van der Waals surface area contributed by atoms with Crippen LogP contribution in [0.1, 0.15) is 18.9 Å². The molecule has 0 bridgehead atoms. The number of hydrogen-bond acceptors (Lipinski definition) is 2. The molecule has 3 nitrogen and oxygen atoms in total. The molecule has 0 unspecified atom stereocenters. The molecule has 0 spiro atoms. The van der Waals surface area contributed by atoms with Crippen LogP contribution in [-0.2, 0) is 11.2 Å². The summed E-state index contributed by atoms with van der Waals surface area (Å²) in [5.74, 6) is -0.0850. The summed E-state index contributed by atoms with van der Waals surface area (Å²) < 4.78 is 0. The topological polar surface area (TPSA) is 41.1 Å². The van der Waals surface area contributed by atoms with Crippen molar-refractivity contribution in [1.29, 1.82) is 0 Å². The van der Waals surface area contributed by atoms with Crippen molar-refractivity contribution in [2.45, 2.75) is 19.8 Å². The first kappa shape index (κ1) is 15.4. The highest BCUT2D eigenvalue weighted by Crippen LogP contribution is 2.15. The van der Waals surface area contributed by atoms with Crippen LogP contribution in [0.3, 0.4) is 0 Å². The Balaban J connectivity index is 1.84. The summed E-state index contributed by atoms with van der Waals surface area (Å²) in [6.45, 7) is 2.36. The van der Waals surface area contributed by atoms with E-state index in [2.05, 4.69) is 17.6 Å². The Morgan fingerprint density at radius 2 is 1.86 bits per heavy atom. The van der Waals surface area contributed by atoms with E-state index in [9.17, 15) is 4.79 Å². The molecular weight excluding hydrogens is 284 g/mol. The maximum Gasteiger partial charge on any atom is 0.243 e. The van der Waals surface area contributed by atoms with E-state index in [1.54, 1.807) is 12.1 Å². The van der Waals surface area contributed by atoms with Gasteiger partial charge in [-0.15, -0.1) is 0 Å². The third kappa shape index (κ3) is 5.12. The Morgan fingerprint density at radius 1 is 1.10 bits per heavy atom. The first-order chi connectivity index (χ1) is 10.2. The van der Waals surface area contributed by atoms with Crippen molar-refractivity contribution in [1.82, 2.24) is 0 Å². The number of carbonyl (C=O) groups excluding carboxylic acids is 1. The Bertz CT molecular complexity index is 596. The lowest BCUT2D eigenvalue weighted by Gasteiger charge is -2.08. The molecule has 21 heavy (non-hydrogen) atoms. The van der Waals surface area contributed by atoms with Crippen molar-refractivity contribution in [3.8, 4) is 0 Å². The maximum atomic E-state index is 11.9. The van der Waals surface area contributed by atoms with Gasteiger partial charge in [-0.3, -0.25) is 4.79 Å². The van der Waals surface area contributed by atoms with E-state index < -0.39 is 0 Å². The van der Waals surface area contributed by atoms with E-state index >= 15 is 0 Å². The van der Waals surface area contributed by atoms with E-state index in [4.69, 9.17) is 11.6 Å². The molecule has 0 atom stereocenters. The lowest BCUT2D eigenvalue weighted by molar-refractivity contribution is -0.114. The van der Waals surface area contributed by atoms with Crippen LogP contribution in [0, 0.1) is 0 Å². The van der Waals surface area contributed by atoms with Gasteiger partial charge in [0.05, 0.1) is 6.54 Å². The molecule has 110 valence electrons. The quantitative estimate of drug-likeness (QED) is 0.833. The second-order valence-electron chi connectivity index (χ2n) is 4.86. The van der Waals surface area contributed by atoms with Crippen LogP contribution in [0.25, 0.3) is 0 Å². The first-order valence-corrected chi connectivity index (χ1v) is 7.43. The molecule has 0 aliphatic heterocycles. The van der Waals surface area contributed by atoms with E-state index in [0.717, 1.165) is 24.2 Å². The third-order valence-corrected chi connectivity index (χ3v) is 3.29. The average molecular weight is 303 g/mol. The fraction of sp³-hybridized carbons (Fsp3) is 0.235. The van der Waals surface area contributed by atoms with Crippen LogP contribution in [0.15, 0.2) is 48.5 Å². The number of anilines is 2. The van der Waals surface area contributed by atoms with Gasteiger partial charge in [0.1, 0.15) is 0 Å². The first-order valence-electron chi connectivity index (χ1n) is 7.05. The number of amides is 1. The van der Waals surface area contributed by atoms with Crippen LogP contribution in [0.4, 0.5) is 11.4 Å². The van der Waals surface area contributed by atoms with Crippen molar-refractivity contribution in [2.75, 3.05) is 17.2 Å². The Labute approximate surface area is 130 Å². The fourth-order valence-electron chi connectivity index (χ4n) is 2.03. The molecule has 0 fully saturated rings. The van der Waals surface area contributed by atoms with Gasteiger partial charge < -0.3 is 10.6 Å². The van der Waals surface area contributed by atoms with Crippen molar-refractivity contribution >= 4 is 28.9 Å². The number of rotatable bonds is 6. The highest BCUT2D eigenvalue weighted by Gasteiger charge is 2.02. The molecule has 2 aromatic carbocycles. The molecule has 0 aliphatic rings. The van der Waals surface area contributed by atoms with Crippen LogP contribution in [-0.4, -0.2) is 12.5 Å². The molecule has 0 saturated heterocycles. The lowest BCUT2D eigenvalue weighted by Crippen LogP contribution is -2.21. The highest BCUT2D eigenvalue weighted by molar-refractivity contribution is 6.30. The molecule has 0 aliphatic carbocycles. The molecule has 0 heterocycles. The Morgan fingerprint density at radius 3 is 2.52 bits per heavy atom. The van der Waals surface area contributed by atoms with Gasteiger partial charge in [0, 0.05) is 16.4 Å². The van der Waals surface area contributed by atoms with Crippen molar-refractivity contribution < 1.29 is 4.79 Å². The molecule has 2 rings (SSSR count). The van der Waals surface area contributed by atoms with E-state index in [1.165, 1.54) is 5.56 Å². The van der Waals surface area contributed by atoms with E-state index in [0.29, 0.717) is 5.02 Å². The van der Waals surface area contributed by atoms with Gasteiger partial charge in [0.15, 0.2) is 0 Å². The number of benzene rings is 2. The predicted octanol–water partition coefficient (Wildman–Crippen LogP) is 4.34. The zero-order valence-electron chi connectivity index (χ0n) is 12.0. The minimum absolute atomic E-state index is 0.0850. The summed E-state index contributed by atoms with van der Waals surface area (Å²) in [4.78, 5) is 11.9. The molecule has 0 saturated carbocycles. The summed E-state index contributed by atoms with van der Waals surface area (Å²) in [6.07, 6.45) is 2.18. The summed E-state index contributed by atoms with van der Waals surface area (Å²) in [5.41, 5.74) is 2.93. The van der Waals surface area contributed by atoms with Gasteiger partial charge in [0.25, 0.3) is 0 Å². The second kappa shape index (κ2) is 7.70. The summed E-state index contributed by atoms with van der Waals surface area (Å²) in [6, 6.07) is 15.3. The second-order valence-corrected chi connectivity index (χ2v) is 5.30. The van der Waals surface area contributed by atoms with Crippen molar-refractivity contribution in [2.24, 2.45) is 0 Å². The number of nitrogens with one attached hydrogen (secondary N) is 2. The molecule has 4 heteroatoms. The normalized spacial score (nSPS) is 10.2. The van der Waals surface area contributed by atoms with Gasteiger partial charge in [-0.1, -0.05) is 43.1 Å². The van der Waals surface area contributed by atoms with Gasteiger partial charge in [0.2, 0.25) is 5.91 Å². The minimum atomic E-state index is -0.0850. The Kier molecular flexibility index (Phi) is 5.64. The molecule has 2 aromatic rings. The lowest BCUT2D eigenvalue weighted by atomic mass is 10.1. The monoisotopic (exact) mass is 302 g/mol. The molecular formula is C17H19ClN2O. The highest BCUT2D eigenvalue weighted by atomic mass is 35.5. The average Bonchev–Trinajstić information content (AvgIpc) is 2.48. The minimum Gasteiger partial charge on any atom is -0.376 e. The fourth-order valence-corrected chi connectivity index (χ4v) is 2.22. The number of carbonyl (C=O) groups is 1. The van der Waals surface area contributed by atoms with Crippen LogP contribution in [0.2, 0.25) is 5.02 Å². The zero-order chi connectivity index (χ0) is 15.1. The standard InChI is InChI=1S/C17H19ClN2O/c1-2-4-13-7-9-15(10-8-13)20-17(21)12-19-16-6-3-5-14(18)11-16/h3,5-11,19H,2,4,12H2,1H3,(H,20,21). The Hall–Kier alpha value is -2.00. The summed E-state index contributed by atoms with van der Waals surface area (Å²) in [7, 11) is 0. The molecule has 0 aromatic heterocycles. The number of halogens is 1. The summed E-state index contributed by atoms with van der Waals surface area (Å²) in [5, 5.41) is 6.55. The van der Waals surface area contributed by atoms with Gasteiger partial charge >= 0.3 is 0 Å². The predicted molar refractivity (Wildman–Crippen MR) is 89.0 cm³/mol. The van der Waals surface area contributed by atoms with Crippen molar-refractivity contribution in [3.05, 3.63) is 59.1 Å². The molecule has 0 radical (unpaired) electrons. The smallest absolute Gasteiger partial charge is 0.243 e. The van der Waals surface area contributed by atoms with Crippen LogP contribution < -0.4 is 10.6 Å². The van der Waals surface area contributed by atoms with Gasteiger partial charge in [-0.25, -0.2) is 0 Å². The molecule has 1 amide bonds. The van der Waals surface area contributed by atoms with Crippen molar-refractivity contribution in [3.63, 3.8) is 0 Å². The number of hydrogen-bond donors (Lipinski definition) is 2. The SMILES string of the molecule is CCCc1ccc(NC(=O)CNc2cccc(Cl)c2)cc1. The van der Waals surface area contributed by atoms with E-state index in [1.807, 2.05) is 36.4 Å². The van der Waals surface area contributed by atoms with E-state index in [-0.39, 0.29) is 12.5 Å². The largest absolute Gasteiger partial charge is 0.376 e. The van der Waals surface area contributed by atoms with Gasteiger partial charge in [-0.2, -0.15) is 0 Å². The maximum absolute atomic E-state index is 11.9. The van der Waals surface area contributed by atoms with Gasteiger partial charge in [-0.05, 0) is 42.3 Å². The van der Waals surface area contributed by atoms with Crippen LogP contribution in [0.5, 0.6) is 0 Å². The van der Waals surface area contributed by atoms with Crippen LogP contribution >= 0.6 is 11.6 Å².